The van der Waals surface area contributed by atoms with E-state index in [1.807, 2.05) is 13.0 Å². The Morgan fingerprint density at radius 1 is 1.48 bits per heavy atom. The molecule has 0 saturated heterocycles. The van der Waals surface area contributed by atoms with E-state index in [1.54, 1.807) is 24.3 Å². The van der Waals surface area contributed by atoms with Gasteiger partial charge in [0.05, 0.1) is 0 Å². The zero-order valence-corrected chi connectivity index (χ0v) is 11.8. The van der Waals surface area contributed by atoms with Gasteiger partial charge in [-0.25, -0.2) is 4.79 Å². The van der Waals surface area contributed by atoms with Crippen molar-refractivity contribution in [1.82, 2.24) is 5.32 Å². The highest BCUT2D eigenvalue weighted by atomic mass is 16.6. The van der Waals surface area contributed by atoms with Crippen LogP contribution in [0, 0.1) is 10.1 Å². The number of carbonyl (C=O) groups excluding carboxylic acids is 1. The van der Waals surface area contributed by atoms with E-state index >= 15 is 0 Å². The van der Waals surface area contributed by atoms with Crippen molar-refractivity contribution in [2.75, 3.05) is 6.61 Å². The second-order valence-electron chi connectivity index (χ2n) is 4.28. The van der Waals surface area contributed by atoms with E-state index in [4.69, 9.17) is 4.74 Å². The molecule has 21 heavy (non-hydrogen) atoms. The number of nitrogens with zero attached hydrogens (tertiary/aromatic N) is 1. The predicted octanol–water partition coefficient (Wildman–Crippen LogP) is 2.36. The number of hydrogen-bond donors (Lipinski definition) is 1. The fraction of sp³-hybridized carbons (Fsp3) is 0.267. The van der Waals surface area contributed by atoms with E-state index < -0.39 is 10.9 Å². The van der Waals surface area contributed by atoms with Crippen LogP contribution in [0.15, 0.2) is 48.8 Å². The molecule has 1 unspecified atom stereocenters. The summed E-state index contributed by atoms with van der Waals surface area (Å²) >= 11 is 0. The van der Waals surface area contributed by atoms with Crippen LogP contribution >= 0.6 is 0 Å². The topological polar surface area (TPSA) is 81.5 Å². The van der Waals surface area contributed by atoms with Crippen LogP contribution in [-0.4, -0.2) is 23.5 Å². The van der Waals surface area contributed by atoms with Gasteiger partial charge in [-0.2, -0.15) is 0 Å². The number of ether oxygens (including phenoxy) is 1. The van der Waals surface area contributed by atoms with Crippen LogP contribution < -0.4 is 5.32 Å². The van der Waals surface area contributed by atoms with Gasteiger partial charge < -0.3 is 14.9 Å². The first kappa shape index (κ1) is 16.4. The first-order chi connectivity index (χ1) is 10.1. The third-order valence-corrected chi connectivity index (χ3v) is 2.74. The maximum Gasteiger partial charge on any atom is 0.330 e. The molecule has 0 spiro atoms. The van der Waals surface area contributed by atoms with Gasteiger partial charge in [-0.15, -0.1) is 0 Å². The number of nitrogens with one attached hydrogen (secondary N) is 1. The van der Waals surface area contributed by atoms with Crippen LogP contribution in [0.3, 0.4) is 0 Å². The molecular weight excluding hydrogens is 272 g/mol. The quantitative estimate of drug-likeness (QED) is 0.344. The lowest BCUT2D eigenvalue weighted by Crippen LogP contribution is -2.35. The molecule has 0 aliphatic heterocycles. The maximum atomic E-state index is 11.1. The Labute approximate surface area is 123 Å². The molecule has 1 N–H and O–H groups in total. The third kappa shape index (κ3) is 5.90. The molecular formula is C15H18N2O4. The summed E-state index contributed by atoms with van der Waals surface area (Å²) in [6, 6.07) is 8.63. The highest BCUT2D eigenvalue weighted by Gasteiger charge is 2.18. The minimum absolute atomic E-state index is 0.0430. The van der Waals surface area contributed by atoms with Gasteiger partial charge in [0.15, 0.2) is 0 Å². The van der Waals surface area contributed by atoms with Crippen molar-refractivity contribution in [1.29, 1.82) is 0 Å². The average molecular weight is 290 g/mol. The van der Waals surface area contributed by atoms with E-state index in [0.717, 1.165) is 11.6 Å². The number of nitro groups is 1. The summed E-state index contributed by atoms with van der Waals surface area (Å²) in [5.74, 6) is -0.687. The summed E-state index contributed by atoms with van der Waals surface area (Å²) in [4.78, 5) is 21.6. The molecule has 1 aromatic rings. The van der Waals surface area contributed by atoms with Gasteiger partial charge in [-0.1, -0.05) is 43.8 Å². The van der Waals surface area contributed by atoms with E-state index in [1.165, 1.54) is 6.08 Å². The molecule has 0 heterocycles. The molecule has 112 valence electrons. The molecule has 0 aliphatic rings. The maximum absolute atomic E-state index is 11.1. The van der Waals surface area contributed by atoms with Crippen molar-refractivity contribution in [2.24, 2.45) is 0 Å². The minimum atomic E-state index is -0.551. The first-order valence-electron chi connectivity index (χ1n) is 6.53. The van der Waals surface area contributed by atoms with E-state index in [0.29, 0.717) is 6.42 Å². The van der Waals surface area contributed by atoms with Crippen molar-refractivity contribution in [3.05, 3.63) is 64.5 Å². The van der Waals surface area contributed by atoms with Crippen LogP contribution in [0.1, 0.15) is 18.9 Å². The van der Waals surface area contributed by atoms with Crippen LogP contribution in [0.5, 0.6) is 0 Å². The van der Waals surface area contributed by atoms with Crippen LogP contribution in [0.2, 0.25) is 0 Å². The number of rotatable bonds is 8. The van der Waals surface area contributed by atoms with Crippen molar-refractivity contribution in [2.45, 2.75) is 19.4 Å². The lowest BCUT2D eigenvalue weighted by atomic mass is 10.2. The van der Waals surface area contributed by atoms with Gasteiger partial charge >= 0.3 is 11.8 Å². The molecule has 0 amide bonds. The molecule has 6 heteroatoms. The van der Waals surface area contributed by atoms with Gasteiger partial charge in [0, 0.05) is 12.2 Å². The molecule has 1 rings (SSSR count). The molecule has 0 aliphatic carbocycles. The molecule has 1 atom stereocenters. The predicted molar refractivity (Wildman–Crippen MR) is 79.8 cm³/mol. The standard InChI is InChI=1S/C15H18N2O4/c1-3-13(11-21-15(18)4-2)16-14(17(19)20)10-12-8-6-5-7-9-12/h4-10,13,16H,2-3,11H2,1H3. The zero-order valence-electron chi connectivity index (χ0n) is 11.8. The van der Waals surface area contributed by atoms with Gasteiger partial charge in [0.2, 0.25) is 0 Å². The van der Waals surface area contributed by atoms with Crippen LogP contribution in [0.4, 0.5) is 0 Å². The Morgan fingerprint density at radius 3 is 2.67 bits per heavy atom. The summed E-state index contributed by atoms with van der Waals surface area (Å²) < 4.78 is 4.91. The molecule has 6 nitrogen and oxygen atoms in total. The second kappa shape index (κ2) is 8.52. The molecule has 0 fully saturated rings. The normalized spacial score (nSPS) is 12.3. The van der Waals surface area contributed by atoms with Crippen molar-refractivity contribution in [3.63, 3.8) is 0 Å². The monoisotopic (exact) mass is 290 g/mol. The summed E-state index contributed by atoms with van der Waals surface area (Å²) in [6.45, 7) is 5.18. The van der Waals surface area contributed by atoms with E-state index in [-0.39, 0.29) is 18.5 Å². The average Bonchev–Trinajstić information content (AvgIpc) is 2.50. The van der Waals surface area contributed by atoms with Gasteiger partial charge in [0.25, 0.3) is 0 Å². The number of esters is 1. The number of benzene rings is 1. The fourth-order valence-corrected chi connectivity index (χ4v) is 1.57. The summed E-state index contributed by atoms with van der Waals surface area (Å²) in [6.07, 6.45) is 3.07. The van der Waals surface area contributed by atoms with Crippen LogP contribution in [-0.2, 0) is 9.53 Å². The van der Waals surface area contributed by atoms with Gasteiger partial charge in [-0.05, 0) is 16.9 Å². The fourth-order valence-electron chi connectivity index (χ4n) is 1.57. The smallest absolute Gasteiger partial charge is 0.330 e. The van der Waals surface area contributed by atoms with Crippen molar-refractivity contribution >= 4 is 12.0 Å². The highest BCUT2D eigenvalue weighted by molar-refractivity contribution is 5.81. The van der Waals surface area contributed by atoms with Crippen molar-refractivity contribution in [3.8, 4) is 0 Å². The van der Waals surface area contributed by atoms with E-state index in [2.05, 4.69) is 11.9 Å². The molecule has 0 aromatic heterocycles. The zero-order chi connectivity index (χ0) is 15.7. The van der Waals surface area contributed by atoms with Crippen molar-refractivity contribution < 1.29 is 14.5 Å². The highest BCUT2D eigenvalue weighted by Crippen LogP contribution is 2.07. The van der Waals surface area contributed by atoms with E-state index in [9.17, 15) is 14.9 Å². The number of carbonyl (C=O) groups is 1. The SMILES string of the molecule is C=CC(=O)OCC(CC)NC(=Cc1ccccc1)[N+](=O)[O-]. The minimum Gasteiger partial charge on any atom is -0.458 e. The molecule has 0 saturated carbocycles. The Hall–Kier alpha value is -2.63. The summed E-state index contributed by atoms with van der Waals surface area (Å²) in [5, 5.41) is 13.9. The van der Waals surface area contributed by atoms with Gasteiger partial charge in [0.1, 0.15) is 12.6 Å². The van der Waals surface area contributed by atoms with Gasteiger partial charge in [-0.3, -0.25) is 5.32 Å². The first-order valence-corrected chi connectivity index (χ1v) is 6.53. The molecule has 0 bridgehead atoms. The molecule has 1 aromatic carbocycles. The third-order valence-electron chi connectivity index (χ3n) is 2.74. The Bertz CT molecular complexity index is 526. The largest absolute Gasteiger partial charge is 0.458 e. The summed E-state index contributed by atoms with van der Waals surface area (Å²) in [5.41, 5.74) is 0.717. The molecule has 0 radical (unpaired) electrons. The lowest BCUT2D eigenvalue weighted by Gasteiger charge is -2.13. The lowest BCUT2D eigenvalue weighted by molar-refractivity contribution is -0.431. The van der Waals surface area contributed by atoms with Crippen LogP contribution in [0.25, 0.3) is 6.08 Å². The Morgan fingerprint density at radius 2 is 2.14 bits per heavy atom. The number of hydrogen-bond acceptors (Lipinski definition) is 5. The summed E-state index contributed by atoms with van der Waals surface area (Å²) in [7, 11) is 0. The Balaban J connectivity index is 2.77. The second-order valence-corrected chi connectivity index (χ2v) is 4.28. The Kier molecular flexibility index (Phi) is 6.67.